The van der Waals surface area contributed by atoms with E-state index in [4.69, 9.17) is 0 Å². The van der Waals surface area contributed by atoms with Crippen LogP contribution in [0.2, 0.25) is 0 Å². The predicted octanol–water partition coefficient (Wildman–Crippen LogP) is 1.83. The molecular weight excluding hydrogens is 234 g/mol. The molecule has 6 heteroatoms. The molecule has 0 spiro atoms. The van der Waals surface area contributed by atoms with Crippen LogP contribution >= 0.6 is 11.8 Å². The zero-order valence-corrected chi connectivity index (χ0v) is 10.7. The number of hydrogen-bond donors (Lipinski definition) is 1. The third-order valence-corrected chi connectivity index (χ3v) is 3.10. The Kier molecular flexibility index (Phi) is 3.98. The van der Waals surface area contributed by atoms with Crippen LogP contribution in [0.3, 0.4) is 0 Å². The van der Waals surface area contributed by atoms with Gasteiger partial charge in [-0.3, -0.25) is 0 Å². The minimum absolute atomic E-state index is 0.332. The van der Waals surface area contributed by atoms with E-state index in [0.717, 1.165) is 11.4 Å². The van der Waals surface area contributed by atoms with E-state index in [1.807, 2.05) is 30.3 Å². The molecule has 1 N–H and O–H groups in total. The monoisotopic (exact) mass is 249 g/mol. The van der Waals surface area contributed by atoms with Gasteiger partial charge in [0.25, 0.3) is 0 Å². The first-order chi connectivity index (χ1) is 8.31. The van der Waals surface area contributed by atoms with Crippen molar-refractivity contribution < 1.29 is 0 Å². The summed E-state index contributed by atoms with van der Waals surface area (Å²) in [6, 6.07) is 10.2. The minimum Gasteiger partial charge on any atom is -0.349 e. The van der Waals surface area contributed by atoms with Gasteiger partial charge in [-0.15, -0.1) is 0 Å². The Morgan fingerprint density at radius 1 is 1.35 bits per heavy atom. The number of anilines is 1. The summed E-state index contributed by atoms with van der Waals surface area (Å²) in [7, 11) is 0. The average molecular weight is 249 g/mol. The van der Waals surface area contributed by atoms with Crippen LogP contribution in [0.15, 0.2) is 30.3 Å². The van der Waals surface area contributed by atoms with Crippen molar-refractivity contribution in [2.75, 3.05) is 17.3 Å². The minimum atomic E-state index is 0.332. The lowest BCUT2D eigenvalue weighted by atomic mass is 10.3. The summed E-state index contributed by atoms with van der Waals surface area (Å²) >= 11 is 1.79. The van der Waals surface area contributed by atoms with Crippen LogP contribution in [-0.4, -0.2) is 38.3 Å². The molecule has 0 amide bonds. The number of thioether (sulfide) groups is 1. The number of tetrazole rings is 1. The van der Waals surface area contributed by atoms with E-state index in [1.165, 1.54) is 0 Å². The van der Waals surface area contributed by atoms with Gasteiger partial charge in [0, 0.05) is 11.8 Å². The van der Waals surface area contributed by atoms with Crippen molar-refractivity contribution >= 4 is 17.7 Å². The summed E-state index contributed by atoms with van der Waals surface area (Å²) < 4.78 is 1.71. The van der Waals surface area contributed by atoms with Crippen LogP contribution in [0.4, 0.5) is 5.95 Å². The van der Waals surface area contributed by atoms with Crippen molar-refractivity contribution in [3.05, 3.63) is 30.3 Å². The molecule has 1 aromatic carbocycles. The topological polar surface area (TPSA) is 55.6 Å². The Morgan fingerprint density at radius 3 is 2.82 bits per heavy atom. The van der Waals surface area contributed by atoms with E-state index in [9.17, 15) is 0 Å². The van der Waals surface area contributed by atoms with E-state index in [0.29, 0.717) is 12.0 Å². The number of benzene rings is 1. The summed E-state index contributed by atoms with van der Waals surface area (Å²) in [5, 5.41) is 15.0. The van der Waals surface area contributed by atoms with Gasteiger partial charge >= 0.3 is 0 Å². The first kappa shape index (κ1) is 11.9. The SMILES string of the molecule is CSCC(C)Nc1nnnn1-c1ccccc1. The summed E-state index contributed by atoms with van der Waals surface area (Å²) in [4.78, 5) is 0. The highest BCUT2D eigenvalue weighted by Gasteiger charge is 2.10. The van der Waals surface area contributed by atoms with Gasteiger partial charge in [-0.2, -0.15) is 16.4 Å². The molecule has 0 radical (unpaired) electrons. The molecular formula is C11H15N5S. The van der Waals surface area contributed by atoms with Gasteiger partial charge < -0.3 is 5.32 Å². The molecule has 0 aliphatic heterocycles. The van der Waals surface area contributed by atoms with Gasteiger partial charge in [-0.25, -0.2) is 0 Å². The fourth-order valence-corrected chi connectivity index (χ4v) is 2.12. The Bertz CT molecular complexity index is 456. The Hall–Kier alpha value is -1.56. The number of para-hydroxylation sites is 1. The molecule has 0 bridgehead atoms. The van der Waals surface area contributed by atoms with E-state index in [1.54, 1.807) is 16.4 Å². The van der Waals surface area contributed by atoms with Crippen LogP contribution in [0.1, 0.15) is 6.92 Å². The normalized spacial score (nSPS) is 12.4. The molecule has 0 aliphatic rings. The summed E-state index contributed by atoms with van der Waals surface area (Å²) in [5.41, 5.74) is 0.955. The Balaban J connectivity index is 2.18. The van der Waals surface area contributed by atoms with Crippen LogP contribution in [0.25, 0.3) is 5.69 Å². The highest BCUT2D eigenvalue weighted by atomic mass is 32.2. The van der Waals surface area contributed by atoms with Crippen LogP contribution in [0, 0.1) is 0 Å². The maximum atomic E-state index is 4.00. The van der Waals surface area contributed by atoms with E-state index < -0.39 is 0 Å². The molecule has 1 atom stereocenters. The fraction of sp³-hybridized carbons (Fsp3) is 0.364. The van der Waals surface area contributed by atoms with Crippen molar-refractivity contribution in [1.29, 1.82) is 0 Å². The fourth-order valence-electron chi connectivity index (χ4n) is 1.53. The number of nitrogens with one attached hydrogen (secondary N) is 1. The smallest absolute Gasteiger partial charge is 0.247 e. The molecule has 2 rings (SSSR count). The molecule has 90 valence electrons. The number of hydrogen-bond acceptors (Lipinski definition) is 5. The van der Waals surface area contributed by atoms with E-state index in [2.05, 4.69) is 34.0 Å². The number of nitrogens with zero attached hydrogens (tertiary/aromatic N) is 4. The van der Waals surface area contributed by atoms with Gasteiger partial charge in [-0.1, -0.05) is 23.3 Å². The predicted molar refractivity (Wildman–Crippen MR) is 70.6 cm³/mol. The molecule has 0 saturated carbocycles. The maximum absolute atomic E-state index is 4.00. The summed E-state index contributed by atoms with van der Waals surface area (Å²) in [6.45, 7) is 2.11. The largest absolute Gasteiger partial charge is 0.349 e. The van der Waals surface area contributed by atoms with Gasteiger partial charge in [0.05, 0.1) is 5.69 Å². The zero-order chi connectivity index (χ0) is 12.1. The second-order valence-corrected chi connectivity index (χ2v) is 4.66. The average Bonchev–Trinajstić information content (AvgIpc) is 2.78. The third-order valence-electron chi connectivity index (χ3n) is 2.26. The van der Waals surface area contributed by atoms with E-state index >= 15 is 0 Å². The zero-order valence-electron chi connectivity index (χ0n) is 9.87. The standard InChI is InChI=1S/C11H15N5S/c1-9(8-17-2)12-11-13-14-15-16(11)10-6-4-3-5-7-10/h3-7,9H,8H2,1-2H3,(H,12,13,15). The van der Waals surface area contributed by atoms with Crippen molar-refractivity contribution in [1.82, 2.24) is 20.2 Å². The molecule has 0 saturated heterocycles. The molecule has 1 heterocycles. The second kappa shape index (κ2) is 5.67. The third kappa shape index (κ3) is 2.97. The quantitative estimate of drug-likeness (QED) is 0.876. The van der Waals surface area contributed by atoms with Crippen molar-refractivity contribution in [3.63, 3.8) is 0 Å². The van der Waals surface area contributed by atoms with Gasteiger partial charge in [-0.05, 0) is 35.7 Å². The first-order valence-electron chi connectivity index (χ1n) is 5.40. The molecule has 2 aromatic rings. The summed E-state index contributed by atoms with van der Waals surface area (Å²) in [6.07, 6.45) is 2.08. The van der Waals surface area contributed by atoms with Crippen LogP contribution in [0.5, 0.6) is 0 Å². The van der Waals surface area contributed by atoms with Crippen LogP contribution < -0.4 is 5.32 Å². The lowest BCUT2D eigenvalue weighted by molar-refractivity contribution is 0.783. The van der Waals surface area contributed by atoms with Gasteiger partial charge in [0.2, 0.25) is 5.95 Å². The molecule has 17 heavy (non-hydrogen) atoms. The lowest BCUT2D eigenvalue weighted by Crippen LogP contribution is -2.20. The van der Waals surface area contributed by atoms with Crippen molar-refractivity contribution in [2.24, 2.45) is 0 Å². The Morgan fingerprint density at radius 2 is 2.12 bits per heavy atom. The first-order valence-corrected chi connectivity index (χ1v) is 6.80. The highest BCUT2D eigenvalue weighted by molar-refractivity contribution is 7.98. The van der Waals surface area contributed by atoms with Crippen LogP contribution in [-0.2, 0) is 0 Å². The molecule has 5 nitrogen and oxygen atoms in total. The highest BCUT2D eigenvalue weighted by Crippen LogP contribution is 2.12. The second-order valence-electron chi connectivity index (χ2n) is 3.75. The van der Waals surface area contributed by atoms with Crippen molar-refractivity contribution in [2.45, 2.75) is 13.0 Å². The number of rotatable bonds is 5. The molecule has 0 fully saturated rings. The summed E-state index contributed by atoms with van der Waals surface area (Å²) in [5.74, 6) is 1.69. The number of aromatic nitrogens is 4. The van der Waals surface area contributed by atoms with Gasteiger partial charge in [0.1, 0.15) is 0 Å². The Labute approximate surface area is 105 Å². The molecule has 0 aliphatic carbocycles. The van der Waals surface area contributed by atoms with Gasteiger partial charge in [0.15, 0.2) is 0 Å². The van der Waals surface area contributed by atoms with E-state index in [-0.39, 0.29) is 0 Å². The lowest BCUT2D eigenvalue weighted by Gasteiger charge is -2.12. The molecule has 1 aromatic heterocycles. The maximum Gasteiger partial charge on any atom is 0.247 e. The van der Waals surface area contributed by atoms with Crippen molar-refractivity contribution in [3.8, 4) is 5.69 Å². The molecule has 1 unspecified atom stereocenters.